The van der Waals surface area contributed by atoms with Crippen LogP contribution in [0.15, 0.2) is 35.7 Å². The van der Waals surface area contributed by atoms with Crippen LogP contribution < -0.4 is 10.6 Å². The summed E-state index contributed by atoms with van der Waals surface area (Å²) in [5, 5.41) is 26.4. The summed E-state index contributed by atoms with van der Waals surface area (Å²) in [6, 6.07) is 7.02. The third-order valence-corrected chi connectivity index (χ3v) is 4.10. The fourth-order valence-corrected chi connectivity index (χ4v) is 2.87. The fraction of sp³-hybridized carbons (Fsp3) is 0.188. The van der Waals surface area contributed by atoms with Gasteiger partial charge in [-0.05, 0) is 23.9 Å². The quantitative estimate of drug-likeness (QED) is 0.477. The molecule has 9 nitrogen and oxygen atoms in total. The first-order valence-corrected chi connectivity index (χ1v) is 8.39. The Bertz CT molecular complexity index is 848. The summed E-state index contributed by atoms with van der Waals surface area (Å²) in [4.78, 5) is 44.9. The number of carboxylic acid groups (broad SMARTS) is 1. The summed E-state index contributed by atoms with van der Waals surface area (Å²) in [5.41, 5.74) is 0.322. The molecule has 0 aliphatic rings. The van der Waals surface area contributed by atoms with Crippen molar-refractivity contribution in [3.05, 3.63) is 51.4 Å². The SMILES string of the molecule is O=C(O)CCCC(=O)Nc1sccc1C(=O)Nc1cccc([N+](=O)[O-])c1. The van der Waals surface area contributed by atoms with Crippen molar-refractivity contribution >= 4 is 45.5 Å². The van der Waals surface area contributed by atoms with Crippen molar-refractivity contribution in [1.82, 2.24) is 0 Å². The second kappa shape index (κ2) is 8.72. The molecule has 1 aromatic carbocycles. The number of anilines is 2. The summed E-state index contributed by atoms with van der Waals surface area (Å²) >= 11 is 1.15. The van der Waals surface area contributed by atoms with Gasteiger partial charge in [0.15, 0.2) is 0 Å². The largest absolute Gasteiger partial charge is 0.481 e. The number of hydrogen-bond donors (Lipinski definition) is 3. The number of nitrogens with zero attached hydrogens (tertiary/aromatic N) is 1. The highest BCUT2D eigenvalue weighted by atomic mass is 32.1. The second-order valence-corrected chi connectivity index (χ2v) is 6.14. The van der Waals surface area contributed by atoms with Crippen LogP contribution in [0.2, 0.25) is 0 Å². The summed E-state index contributed by atoms with van der Waals surface area (Å²) in [6.45, 7) is 0. The van der Waals surface area contributed by atoms with Gasteiger partial charge in [0.2, 0.25) is 5.91 Å². The third kappa shape index (κ3) is 5.38. The van der Waals surface area contributed by atoms with Crippen molar-refractivity contribution in [2.24, 2.45) is 0 Å². The average molecular weight is 377 g/mol. The number of aliphatic carboxylic acids is 1. The lowest BCUT2D eigenvalue weighted by atomic mass is 10.2. The average Bonchev–Trinajstić information content (AvgIpc) is 3.02. The summed E-state index contributed by atoms with van der Waals surface area (Å²) in [6.07, 6.45) is 0.107. The molecule has 0 aliphatic carbocycles. The molecule has 0 radical (unpaired) electrons. The van der Waals surface area contributed by atoms with Crippen LogP contribution in [0.5, 0.6) is 0 Å². The minimum absolute atomic E-state index is 0.0239. The van der Waals surface area contributed by atoms with Gasteiger partial charge in [-0.2, -0.15) is 0 Å². The highest BCUT2D eigenvalue weighted by molar-refractivity contribution is 7.14. The first-order chi connectivity index (χ1) is 12.4. The number of nitro groups is 1. The normalized spacial score (nSPS) is 10.2. The molecule has 0 saturated carbocycles. The topological polar surface area (TPSA) is 139 Å². The minimum Gasteiger partial charge on any atom is -0.481 e. The number of thiophene rings is 1. The van der Waals surface area contributed by atoms with E-state index >= 15 is 0 Å². The Morgan fingerprint density at radius 3 is 2.62 bits per heavy atom. The smallest absolute Gasteiger partial charge is 0.303 e. The van der Waals surface area contributed by atoms with Crippen molar-refractivity contribution < 1.29 is 24.4 Å². The first-order valence-electron chi connectivity index (χ1n) is 7.52. The van der Waals surface area contributed by atoms with Gasteiger partial charge in [0.05, 0.1) is 10.5 Å². The molecular formula is C16H15N3O6S. The molecule has 2 aromatic rings. The molecule has 0 fully saturated rings. The molecule has 0 bridgehead atoms. The van der Waals surface area contributed by atoms with E-state index < -0.39 is 22.7 Å². The Kier molecular flexibility index (Phi) is 6.39. The standard InChI is InChI=1S/C16H15N3O6S/c20-13(5-2-6-14(21)22)18-16-12(7-8-26-16)15(23)17-10-3-1-4-11(9-10)19(24)25/h1,3-4,7-9H,2,5-6H2,(H,17,23)(H,18,20)(H,21,22). The van der Waals surface area contributed by atoms with E-state index in [1.807, 2.05) is 0 Å². The Morgan fingerprint density at radius 2 is 1.92 bits per heavy atom. The van der Waals surface area contributed by atoms with Gasteiger partial charge in [0, 0.05) is 30.7 Å². The lowest BCUT2D eigenvalue weighted by molar-refractivity contribution is -0.384. The minimum atomic E-state index is -0.981. The van der Waals surface area contributed by atoms with Crippen LogP contribution in [0.25, 0.3) is 0 Å². The number of carboxylic acids is 1. The molecule has 0 aliphatic heterocycles. The van der Waals surface area contributed by atoms with Gasteiger partial charge in [-0.3, -0.25) is 24.5 Å². The van der Waals surface area contributed by atoms with E-state index in [4.69, 9.17) is 5.11 Å². The fourth-order valence-electron chi connectivity index (χ4n) is 2.07. The van der Waals surface area contributed by atoms with Crippen molar-refractivity contribution in [2.75, 3.05) is 10.6 Å². The molecule has 1 heterocycles. The number of non-ortho nitro benzene ring substituents is 1. The Hall–Kier alpha value is -3.27. The zero-order valence-electron chi connectivity index (χ0n) is 13.4. The number of hydrogen-bond acceptors (Lipinski definition) is 6. The van der Waals surface area contributed by atoms with Crippen LogP contribution in [-0.2, 0) is 9.59 Å². The Morgan fingerprint density at radius 1 is 1.15 bits per heavy atom. The van der Waals surface area contributed by atoms with Gasteiger partial charge < -0.3 is 15.7 Å². The van der Waals surface area contributed by atoms with Gasteiger partial charge in [-0.15, -0.1) is 11.3 Å². The molecule has 0 atom stereocenters. The van der Waals surface area contributed by atoms with Gasteiger partial charge in [0.25, 0.3) is 11.6 Å². The zero-order chi connectivity index (χ0) is 19.1. The second-order valence-electron chi connectivity index (χ2n) is 5.22. The zero-order valence-corrected chi connectivity index (χ0v) is 14.2. The van der Waals surface area contributed by atoms with Gasteiger partial charge in [-0.1, -0.05) is 6.07 Å². The van der Waals surface area contributed by atoms with Gasteiger partial charge in [0.1, 0.15) is 5.00 Å². The van der Waals surface area contributed by atoms with E-state index in [0.717, 1.165) is 11.3 Å². The van der Waals surface area contributed by atoms with Crippen LogP contribution in [0.4, 0.5) is 16.4 Å². The Labute approximate surface area is 151 Å². The van der Waals surface area contributed by atoms with E-state index in [2.05, 4.69) is 10.6 Å². The van der Waals surface area contributed by atoms with Crippen molar-refractivity contribution in [2.45, 2.75) is 19.3 Å². The molecule has 26 heavy (non-hydrogen) atoms. The molecule has 0 spiro atoms. The monoisotopic (exact) mass is 377 g/mol. The molecular weight excluding hydrogens is 362 g/mol. The van der Waals surface area contributed by atoms with Crippen LogP contribution >= 0.6 is 11.3 Å². The van der Waals surface area contributed by atoms with Crippen LogP contribution in [0.3, 0.4) is 0 Å². The number of nitrogens with one attached hydrogen (secondary N) is 2. The van der Waals surface area contributed by atoms with E-state index in [1.165, 1.54) is 30.3 Å². The van der Waals surface area contributed by atoms with E-state index in [-0.39, 0.29) is 36.2 Å². The number of benzene rings is 1. The van der Waals surface area contributed by atoms with Crippen LogP contribution in [0.1, 0.15) is 29.6 Å². The predicted molar refractivity (Wildman–Crippen MR) is 95.5 cm³/mol. The molecule has 2 rings (SSSR count). The van der Waals surface area contributed by atoms with Crippen LogP contribution in [0, 0.1) is 10.1 Å². The molecule has 0 unspecified atom stereocenters. The molecule has 10 heteroatoms. The number of amides is 2. The third-order valence-electron chi connectivity index (χ3n) is 3.27. The number of rotatable bonds is 8. The Balaban J connectivity index is 2.01. The van der Waals surface area contributed by atoms with Crippen LogP contribution in [-0.4, -0.2) is 27.8 Å². The predicted octanol–water partition coefficient (Wildman–Crippen LogP) is 3.10. The first kappa shape index (κ1) is 19.1. The maximum Gasteiger partial charge on any atom is 0.303 e. The highest BCUT2D eigenvalue weighted by Gasteiger charge is 2.16. The highest BCUT2D eigenvalue weighted by Crippen LogP contribution is 2.25. The molecule has 3 N–H and O–H groups in total. The van der Waals surface area contributed by atoms with Crippen molar-refractivity contribution in [3.8, 4) is 0 Å². The van der Waals surface area contributed by atoms with Gasteiger partial charge in [-0.25, -0.2) is 0 Å². The van der Waals surface area contributed by atoms with E-state index in [1.54, 1.807) is 5.38 Å². The summed E-state index contributed by atoms with van der Waals surface area (Å²) in [7, 11) is 0. The number of carbonyl (C=O) groups excluding carboxylic acids is 2. The molecule has 1 aromatic heterocycles. The lowest BCUT2D eigenvalue weighted by Gasteiger charge is -2.07. The molecule has 2 amide bonds. The molecule has 136 valence electrons. The lowest BCUT2D eigenvalue weighted by Crippen LogP contribution is -2.16. The maximum atomic E-state index is 12.4. The molecule has 0 saturated heterocycles. The summed E-state index contributed by atoms with van der Waals surface area (Å²) < 4.78 is 0. The summed E-state index contributed by atoms with van der Waals surface area (Å²) in [5.74, 6) is -1.89. The van der Waals surface area contributed by atoms with Crippen molar-refractivity contribution in [1.29, 1.82) is 0 Å². The van der Waals surface area contributed by atoms with E-state index in [9.17, 15) is 24.5 Å². The maximum absolute atomic E-state index is 12.4. The van der Waals surface area contributed by atoms with Gasteiger partial charge >= 0.3 is 5.97 Å². The van der Waals surface area contributed by atoms with E-state index in [0.29, 0.717) is 5.00 Å². The number of nitro benzene ring substituents is 1. The van der Waals surface area contributed by atoms with Crippen molar-refractivity contribution in [3.63, 3.8) is 0 Å². The number of carbonyl (C=O) groups is 3.